The van der Waals surface area contributed by atoms with Crippen molar-refractivity contribution in [3.05, 3.63) is 33.0 Å². The standard InChI is InChI=1S/C9H5Br3N2O/c10-4-8-13-9(15-14-8)6-3-5(11)1-2-7(6)12/h1-3H,4H2. The van der Waals surface area contributed by atoms with Crippen LogP contribution in [0.2, 0.25) is 0 Å². The lowest BCUT2D eigenvalue weighted by molar-refractivity contribution is 0.425. The topological polar surface area (TPSA) is 38.9 Å². The average Bonchev–Trinajstić information content (AvgIpc) is 2.70. The molecule has 3 nitrogen and oxygen atoms in total. The van der Waals surface area contributed by atoms with Crippen LogP contribution in [0.1, 0.15) is 5.82 Å². The van der Waals surface area contributed by atoms with Gasteiger partial charge >= 0.3 is 0 Å². The average molecular weight is 397 g/mol. The van der Waals surface area contributed by atoms with E-state index in [0.717, 1.165) is 14.5 Å². The summed E-state index contributed by atoms with van der Waals surface area (Å²) in [6.45, 7) is 0. The Hall–Kier alpha value is -0.200. The summed E-state index contributed by atoms with van der Waals surface area (Å²) in [5.41, 5.74) is 0.879. The molecule has 0 fully saturated rings. The van der Waals surface area contributed by atoms with Crippen molar-refractivity contribution in [2.45, 2.75) is 5.33 Å². The number of benzene rings is 1. The van der Waals surface area contributed by atoms with E-state index in [1.54, 1.807) is 0 Å². The molecule has 1 aromatic carbocycles. The van der Waals surface area contributed by atoms with Gasteiger partial charge in [-0.15, -0.1) is 0 Å². The Morgan fingerprint density at radius 3 is 2.73 bits per heavy atom. The second-order valence-electron chi connectivity index (χ2n) is 2.77. The molecule has 15 heavy (non-hydrogen) atoms. The van der Waals surface area contributed by atoms with Gasteiger partial charge in [-0.3, -0.25) is 0 Å². The van der Waals surface area contributed by atoms with Crippen molar-refractivity contribution in [2.75, 3.05) is 0 Å². The first-order valence-corrected chi connectivity index (χ1v) is 6.75. The number of nitrogens with zero attached hydrogens (tertiary/aromatic N) is 2. The molecule has 1 heterocycles. The van der Waals surface area contributed by atoms with E-state index in [1.807, 2.05) is 18.2 Å². The quantitative estimate of drug-likeness (QED) is 0.715. The third-order valence-electron chi connectivity index (χ3n) is 1.75. The Labute approximate surface area is 112 Å². The Balaban J connectivity index is 2.48. The first-order valence-electron chi connectivity index (χ1n) is 4.04. The van der Waals surface area contributed by atoms with E-state index in [1.165, 1.54) is 0 Å². The molecule has 0 aliphatic carbocycles. The van der Waals surface area contributed by atoms with Crippen molar-refractivity contribution < 1.29 is 4.52 Å². The summed E-state index contributed by atoms with van der Waals surface area (Å²) >= 11 is 10.1. The van der Waals surface area contributed by atoms with Gasteiger partial charge in [-0.05, 0) is 34.1 Å². The molecule has 6 heteroatoms. The molecule has 1 aromatic heterocycles. The Kier molecular flexibility index (Phi) is 3.58. The number of hydrogen-bond acceptors (Lipinski definition) is 3. The fourth-order valence-corrected chi connectivity index (χ4v) is 2.08. The lowest BCUT2D eigenvalue weighted by Crippen LogP contribution is -1.82. The van der Waals surface area contributed by atoms with Gasteiger partial charge in [-0.1, -0.05) is 37.0 Å². The molecule has 0 unspecified atom stereocenters. The van der Waals surface area contributed by atoms with E-state index in [9.17, 15) is 0 Å². The molecule has 0 atom stereocenters. The minimum Gasteiger partial charge on any atom is -0.334 e. The van der Waals surface area contributed by atoms with Crippen LogP contribution in [0.25, 0.3) is 11.5 Å². The van der Waals surface area contributed by atoms with Gasteiger partial charge in [-0.2, -0.15) is 4.98 Å². The SMILES string of the molecule is BrCc1noc(-c2cc(Br)ccc2Br)n1. The normalized spacial score (nSPS) is 10.6. The predicted molar refractivity (Wildman–Crippen MR) is 67.8 cm³/mol. The highest BCUT2D eigenvalue weighted by Gasteiger charge is 2.11. The summed E-state index contributed by atoms with van der Waals surface area (Å²) in [5.74, 6) is 1.15. The Morgan fingerprint density at radius 2 is 2.07 bits per heavy atom. The molecule has 0 saturated carbocycles. The molecule has 0 bridgehead atoms. The van der Waals surface area contributed by atoms with Crippen molar-refractivity contribution >= 4 is 47.8 Å². The van der Waals surface area contributed by atoms with Crippen LogP contribution in [0.4, 0.5) is 0 Å². The maximum atomic E-state index is 5.14. The van der Waals surface area contributed by atoms with Crippen molar-refractivity contribution in [3.63, 3.8) is 0 Å². The zero-order valence-corrected chi connectivity index (χ0v) is 12.1. The van der Waals surface area contributed by atoms with Crippen LogP contribution >= 0.6 is 47.8 Å². The van der Waals surface area contributed by atoms with Crippen LogP contribution in [0.15, 0.2) is 31.7 Å². The molecule has 0 amide bonds. The number of rotatable bonds is 2. The fourth-order valence-electron chi connectivity index (χ4n) is 1.08. The van der Waals surface area contributed by atoms with E-state index in [2.05, 4.69) is 57.9 Å². The van der Waals surface area contributed by atoms with Crippen molar-refractivity contribution in [1.29, 1.82) is 0 Å². The van der Waals surface area contributed by atoms with Crippen LogP contribution < -0.4 is 0 Å². The highest BCUT2D eigenvalue weighted by molar-refractivity contribution is 9.11. The maximum Gasteiger partial charge on any atom is 0.259 e. The second-order valence-corrected chi connectivity index (χ2v) is 5.10. The molecule has 0 spiro atoms. The molecule has 0 aliphatic rings. The van der Waals surface area contributed by atoms with Gasteiger partial charge in [-0.25, -0.2) is 0 Å². The predicted octanol–water partition coefficient (Wildman–Crippen LogP) is 4.16. The van der Waals surface area contributed by atoms with Crippen LogP contribution in [0.5, 0.6) is 0 Å². The summed E-state index contributed by atoms with van der Waals surface area (Å²) in [4.78, 5) is 4.23. The van der Waals surface area contributed by atoms with Crippen LogP contribution in [0.3, 0.4) is 0 Å². The van der Waals surface area contributed by atoms with E-state index in [-0.39, 0.29) is 0 Å². The minimum atomic E-state index is 0.512. The summed E-state index contributed by atoms with van der Waals surface area (Å²) in [6, 6.07) is 5.79. The minimum absolute atomic E-state index is 0.512. The molecular formula is C9H5Br3N2O. The van der Waals surface area contributed by atoms with Crippen molar-refractivity contribution in [2.24, 2.45) is 0 Å². The van der Waals surface area contributed by atoms with Crippen molar-refractivity contribution in [1.82, 2.24) is 10.1 Å². The molecule has 0 aliphatic heterocycles. The van der Waals surface area contributed by atoms with Gasteiger partial charge < -0.3 is 4.52 Å². The van der Waals surface area contributed by atoms with Gasteiger partial charge in [0.2, 0.25) is 0 Å². The lowest BCUT2D eigenvalue weighted by atomic mass is 10.2. The van der Waals surface area contributed by atoms with Gasteiger partial charge in [0.1, 0.15) is 0 Å². The third-order valence-corrected chi connectivity index (χ3v) is 3.43. The first-order chi connectivity index (χ1) is 7.20. The van der Waals surface area contributed by atoms with E-state index < -0.39 is 0 Å². The van der Waals surface area contributed by atoms with Crippen LogP contribution in [-0.2, 0) is 5.33 Å². The molecule has 0 saturated heterocycles. The summed E-state index contributed by atoms with van der Waals surface area (Å²) < 4.78 is 7.03. The third kappa shape index (κ3) is 2.49. The number of alkyl halides is 1. The Bertz CT molecular complexity index is 484. The summed E-state index contributed by atoms with van der Waals surface area (Å²) in [5, 5.41) is 4.40. The van der Waals surface area contributed by atoms with Crippen LogP contribution in [-0.4, -0.2) is 10.1 Å². The zero-order chi connectivity index (χ0) is 10.8. The second kappa shape index (κ2) is 4.76. The van der Waals surface area contributed by atoms with E-state index in [4.69, 9.17) is 4.52 Å². The maximum absolute atomic E-state index is 5.14. The highest BCUT2D eigenvalue weighted by Crippen LogP contribution is 2.29. The number of aromatic nitrogens is 2. The number of hydrogen-bond donors (Lipinski definition) is 0. The van der Waals surface area contributed by atoms with Gasteiger partial charge in [0, 0.05) is 8.95 Å². The van der Waals surface area contributed by atoms with Gasteiger partial charge in [0.15, 0.2) is 5.82 Å². The van der Waals surface area contributed by atoms with Crippen LogP contribution in [0, 0.1) is 0 Å². The van der Waals surface area contributed by atoms with E-state index >= 15 is 0 Å². The molecule has 0 radical (unpaired) electrons. The fraction of sp³-hybridized carbons (Fsp3) is 0.111. The first kappa shape index (κ1) is 11.3. The zero-order valence-electron chi connectivity index (χ0n) is 7.38. The summed E-state index contributed by atoms with van der Waals surface area (Å²) in [6.07, 6.45) is 0. The molecule has 2 rings (SSSR count). The molecular weight excluding hydrogens is 392 g/mol. The van der Waals surface area contributed by atoms with Gasteiger partial charge in [0.25, 0.3) is 5.89 Å². The van der Waals surface area contributed by atoms with E-state index in [0.29, 0.717) is 17.0 Å². The van der Waals surface area contributed by atoms with Crippen molar-refractivity contribution in [3.8, 4) is 11.5 Å². The monoisotopic (exact) mass is 394 g/mol. The van der Waals surface area contributed by atoms with Gasteiger partial charge in [0.05, 0.1) is 10.9 Å². The molecule has 0 N–H and O–H groups in total. The number of halogens is 3. The molecule has 78 valence electrons. The highest BCUT2D eigenvalue weighted by atomic mass is 79.9. The largest absolute Gasteiger partial charge is 0.334 e. The Morgan fingerprint density at radius 1 is 1.27 bits per heavy atom. The smallest absolute Gasteiger partial charge is 0.259 e. The lowest BCUT2D eigenvalue weighted by Gasteiger charge is -1.98. The molecule has 2 aromatic rings. The summed E-state index contributed by atoms with van der Waals surface area (Å²) in [7, 11) is 0.